The van der Waals surface area contributed by atoms with Gasteiger partial charge >= 0.3 is 0 Å². The van der Waals surface area contributed by atoms with Crippen molar-refractivity contribution in [2.45, 2.75) is 33.1 Å². The number of likely N-dealkylation sites (tertiary alicyclic amines) is 1. The van der Waals surface area contributed by atoms with Crippen LogP contribution in [0.1, 0.15) is 33.1 Å². The van der Waals surface area contributed by atoms with E-state index in [4.69, 9.17) is 11.6 Å². The molecule has 1 aliphatic heterocycles. The molecule has 3 nitrogen and oxygen atoms in total. The van der Waals surface area contributed by atoms with Gasteiger partial charge in [-0.1, -0.05) is 20.3 Å². The van der Waals surface area contributed by atoms with Gasteiger partial charge in [-0.15, -0.1) is 11.6 Å². The van der Waals surface area contributed by atoms with E-state index in [0.717, 1.165) is 13.1 Å². The lowest BCUT2D eigenvalue weighted by molar-refractivity contribution is -0.124. The summed E-state index contributed by atoms with van der Waals surface area (Å²) in [6, 6.07) is 0. The Kier molecular flexibility index (Phi) is 6.90. The molecule has 4 heteroatoms. The van der Waals surface area contributed by atoms with Gasteiger partial charge in [-0.05, 0) is 31.8 Å². The fourth-order valence-electron chi connectivity index (χ4n) is 2.17. The van der Waals surface area contributed by atoms with Gasteiger partial charge in [0.05, 0.1) is 0 Å². The molecule has 0 aromatic carbocycles. The summed E-state index contributed by atoms with van der Waals surface area (Å²) in [6.07, 6.45) is 4.01. The van der Waals surface area contributed by atoms with Crippen LogP contribution < -0.4 is 5.32 Å². The molecule has 0 bridgehead atoms. The summed E-state index contributed by atoms with van der Waals surface area (Å²) < 4.78 is 0. The maximum Gasteiger partial charge on any atom is 0.224 e. The summed E-state index contributed by atoms with van der Waals surface area (Å²) in [5.74, 6) is 0.899. The van der Waals surface area contributed by atoms with Crippen LogP contribution >= 0.6 is 11.6 Å². The highest BCUT2D eigenvalue weighted by atomic mass is 35.5. The number of halogens is 1. The minimum atomic E-state index is -0.0844. The summed E-state index contributed by atoms with van der Waals surface area (Å²) in [7, 11) is 0. The van der Waals surface area contributed by atoms with Crippen molar-refractivity contribution in [3.63, 3.8) is 0 Å². The number of hydrogen-bond acceptors (Lipinski definition) is 2. The van der Waals surface area contributed by atoms with Crippen molar-refractivity contribution in [1.29, 1.82) is 0 Å². The molecule has 1 amide bonds. The fourth-order valence-corrected chi connectivity index (χ4v) is 2.31. The fraction of sp³-hybridized carbons (Fsp3) is 0.923. The van der Waals surface area contributed by atoms with Gasteiger partial charge < -0.3 is 10.2 Å². The summed E-state index contributed by atoms with van der Waals surface area (Å²) in [5, 5.41) is 2.97. The van der Waals surface area contributed by atoms with Crippen molar-refractivity contribution in [1.82, 2.24) is 10.2 Å². The summed E-state index contributed by atoms with van der Waals surface area (Å²) in [5.41, 5.74) is 0. The van der Waals surface area contributed by atoms with E-state index in [9.17, 15) is 4.79 Å². The number of rotatable bonds is 6. The number of alkyl halides is 1. The predicted octanol–water partition coefficient (Wildman–Crippen LogP) is 2.10. The smallest absolute Gasteiger partial charge is 0.224 e. The Morgan fingerprint density at radius 2 is 1.94 bits per heavy atom. The zero-order valence-corrected chi connectivity index (χ0v) is 11.8. The molecule has 0 aromatic heterocycles. The number of carbonyl (C=O) groups excluding carboxylic acids is 1. The van der Waals surface area contributed by atoms with Crippen LogP contribution in [0.25, 0.3) is 0 Å². The lowest BCUT2D eigenvalue weighted by atomic mass is 10.1. The van der Waals surface area contributed by atoms with E-state index in [2.05, 4.69) is 17.1 Å². The number of nitrogens with zero attached hydrogens (tertiary/aromatic N) is 1. The molecule has 1 aliphatic rings. The standard InChI is InChI=1S/C13H25ClN2O/c1-11(9-15-13(17)12(2)8-14)10-16-6-4-3-5-7-16/h11-12H,3-10H2,1-2H3,(H,15,17). The molecule has 0 aromatic rings. The van der Waals surface area contributed by atoms with E-state index < -0.39 is 0 Å². The maximum atomic E-state index is 11.6. The monoisotopic (exact) mass is 260 g/mol. The first-order chi connectivity index (χ1) is 8.13. The largest absolute Gasteiger partial charge is 0.356 e. The molecule has 0 radical (unpaired) electrons. The molecular weight excluding hydrogens is 236 g/mol. The van der Waals surface area contributed by atoms with Crippen molar-refractivity contribution >= 4 is 17.5 Å². The third kappa shape index (κ3) is 5.73. The topological polar surface area (TPSA) is 32.3 Å². The van der Waals surface area contributed by atoms with Crippen LogP contribution in [0.2, 0.25) is 0 Å². The summed E-state index contributed by atoms with van der Waals surface area (Å²) in [6.45, 7) is 8.34. The molecule has 1 heterocycles. The Morgan fingerprint density at radius 3 is 2.53 bits per heavy atom. The van der Waals surface area contributed by atoms with E-state index in [1.165, 1.54) is 32.4 Å². The average molecular weight is 261 g/mol. The number of piperidine rings is 1. The lowest BCUT2D eigenvalue weighted by Crippen LogP contribution is -2.39. The van der Waals surface area contributed by atoms with E-state index in [0.29, 0.717) is 11.8 Å². The Balaban J connectivity index is 2.15. The van der Waals surface area contributed by atoms with Crippen LogP contribution in [0.5, 0.6) is 0 Å². The first kappa shape index (κ1) is 14.8. The molecule has 1 saturated heterocycles. The summed E-state index contributed by atoms with van der Waals surface area (Å²) in [4.78, 5) is 14.1. The second kappa shape index (κ2) is 7.93. The van der Waals surface area contributed by atoms with Crippen LogP contribution in [0.3, 0.4) is 0 Å². The van der Waals surface area contributed by atoms with Crippen molar-refractivity contribution in [2.24, 2.45) is 11.8 Å². The highest BCUT2D eigenvalue weighted by Crippen LogP contribution is 2.10. The quantitative estimate of drug-likeness (QED) is 0.742. The summed E-state index contributed by atoms with van der Waals surface area (Å²) >= 11 is 5.65. The number of hydrogen-bond donors (Lipinski definition) is 1. The van der Waals surface area contributed by atoms with Crippen molar-refractivity contribution in [3.8, 4) is 0 Å². The number of amides is 1. The normalized spacial score (nSPS) is 20.9. The van der Waals surface area contributed by atoms with Gasteiger partial charge in [0, 0.05) is 24.9 Å². The van der Waals surface area contributed by atoms with Crippen LogP contribution in [0.4, 0.5) is 0 Å². The van der Waals surface area contributed by atoms with Gasteiger partial charge in [0.2, 0.25) is 5.91 Å². The second-order valence-electron chi connectivity index (χ2n) is 5.27. The second-order valence-corrected chi connectivity index (χ2v) is 5.58. The van der Waals surface area contributed by atoms with Crippen LogP contribution in [0.15, 0.2) is 0 Å². The van der Waals surface area contributed by atoms with Gasteiger partial charge in [-0.3, -0.25) is 4.79 Å². The van der Waals surface area contributed by atoms with Crippen molar-refractivity contribution < 1.29 is 4.79 Å². The molecule has 17 heavy (non-hydrogen) atoms. The minimum Gasteiger partial charge on any atom is -0.356 e. The van der Waals surface area contributed by atoms with Crippen LogP contribution in [-0.4, -0.2) is 42.9 Å². The minimum absolute atomic E-state index is 0.0745. The van der Waals surface area contributed by atoms with Gasteiger partial charge in [0.25, 0.3) is 0 Å². The number of carbonyl (C=O) groups is 1. The van der Waals surface area contributed by atoms with E-state index >= 15 is 0 Å². The van der Waals surface area contributed by atoms with E-state index in [1.807, 2.05) is 6.92 Å². The Labute approximate surface area is 110 Å². The molecule has 100 valence electrons. The molecule has 1 N–H and O–H groups in total. The number of nitrogens with one attached hydrogen (secondary N) is 1. The molecule has 1 fully saturated rings. The molecule has 0 aliphatic carbocycles. The molecule has 2 unspecified atom stereocenters. The van der Waals surface area contributed by atoms with Gasteiger partial charge in [0.15, 0.2) is 0 Å². The average Bonchev–Trinajstić information content (AvgIpc) is 2.36. The van der Waals surface area contributed by atoms with Crippen molar-refractivity contribution in [2.75, 3.05) is 32.1 Å². The highest BCUT2D eigenvalue weighted by molar-refractivity contribution is 6.19. The van der Waals surface area contributed by atoms with E-state index in [-0.39, 0.29) is 11.8 Å². The SMILES string of the molecule is CC(CNC(=O)C(C)CCl)CN1CCCCC1. The third-order valence-corrected chi connectivity index (χ3v) is 3.79. The first-order valence-electron chi connectivity index (χ1n) is 6.69. The van der Waals surface area contributed by atoms with Gasteiger partial charge in [-0.2, -0.15) is 0 Å². The Hall–Kier alpha value is -0.280. The molecule has 0 saturated carbocycles. The zero-order chi connectivity index (χ0) is 12.7. The van der Waals surface area contributed by atoms with Crippen LogP contribution in [-0.2, 0) is 4.79 Å². The third-order valence-electron chi connectivity index (χ3n) is 3.32. The zero-order valence-electron chi connectivity index (χ0n) is 11.0. The first-order valence-corrected chi connectivity index (χ1v) is 7.23. The lowest BCUT2D eigenvalue weighted by Gasteiger charge is -2.29. The van der Waals surface area contributed by atoms with Crippen LogP contribution in [0, 0.1) is 11.8 Å². The maximum absolute atomic E-state index is 11.6. The molecule has 2 atom stereocenters. The van der Waals surface area contributed by atoms with Gasteiger partial charge in [-0.25, -0.2) is 0 Å². The Bertz CT molecular complexity index is 229. The van der Waals surface area contributed by atoms with E-state index in [1.54, 1.807) is 0 Å². The van der Waals surface area contributed by atoms with Gasteiger partial charge in [0.1, 0.15) is 0 Å². The molecule has 0 spiro atoms. The predicted molar refractivity (Wildman–Crippen MR) is 72.3 cm³/mol. The van der Waals surface area contributed by atoms with Crippen molar-refractivity contribution in [3.05, 3.63) is 0 Å². The molecule has 1 rings (SSSR count). The molecular formula is C13H25ClN2O. The Morgan fingerprint density at radius 1 is 1.29 bits per heavy atom. The highest BCUT2D eigenvalue weighted by Gasteiger charge is 2.15.